The minimum absolute atomic E-state index is 0.211. The van der Waals surface area contributed by atoms with E-state index in [1.54, 1.807) is 20.8 Å². The molecule has 51 heavy (non-hydrogen) atoms. The molecule has 15 nitrogen and oxygen atoms in total. The molecule has 0 aromatic heterocycles. The van der Waals surface area contributed by atoms with Crippen molar-refractivity contribution in [3.05, 3.63) is 0 Å². The first-order valence-electron chi connectivity index (χ1n) is 17.8. The molecule has 0 aromatic carbocycles. The summed E-state index contributed by atoms with van der Waals surface area (Å²) in [6.45, 7) is 13.3. The van der Waals surface area contributed by atoms with E-state index in [1.165, 1.54) is 34.6 Å². The van der Waals surface area contributed by atoms with Crippen LogP contribution in [-0.4, -0.2) is 106 Å². The number of esters is 5. The van der Waals surface area contributed by atoms with Crippen LogP contribution in [0.1, 0.15) is 68.7 Å². The number of carbonyl (C=O) groups excluding carboxylic acids is 6. The van der Waals surface area contributed by atoms with Crippen molar-refractivity contribution >= 4 is 35.6 Å². The molecule has 280 valence electrons. The molecule has 0 radical (unpaired) electrons. The summed E-state index contributed by atoms with van der Waals surface area (Å²) in [5.41, 5.74) is -6.39. The van der Waals surface area contributed by atoms with Crippen LogP contribution in [0, 0.1) is 57.7 Å². The lowest BCUT2D eigenvalue weighted by Crippen LogP contribution is -2.74. The topological polar surface area (TPSA) is 214 Å². The highest BCUT2D eigenvalue weighted by Gasteiger charge is 2.93. The summed E-state index contributed by atoms with van der Waals surface area (Å²) in [6.07, 6.45) is -7.96. The molecule has 8 aliphatic rings. The number of hydrogen-bond donors (Lipinski definition) is 2. The van der Waals surface area contributed by atoms with Crippen LogP contribution in [0.3, 0.4) is 0 Å². The smallest absolute Gasteiger partial charge is 0.341 e. The van der Waals surface area contributed by atoms with Crippen LogP contribution in [0.25, 0.3) is 0 Å². The number of hydrogen-bond acceptors (Lipinski definition) is 15. The second-order valence-corrected chi connectivity index (χ2v) is 17.1. The van der Waals surface area contributed by atoms with Crippen molar-refractivity contribution < 1.29 is 72.1 Å². The van der Waals surface area contributed by atoms with E-state index in [-0.39, 0.29) is 6.42 Å². The first-order chi connectivity index (χ1) is 23.6. The molecule has 6 unspecified atom stereocenters. The Morgan fingerprint density at radius 3 is 1.90 bits per heavy atom. The largest absolute Gasteiger partial charge is 0.462 e. The van der Waals surface area contributed by atoms with Crippen molar-refractivity contribution in [1.29, 1.82) is 0 Å². The van der Waals surface area contributed by atoms with E-state index in [0.717, 1.165) is 0 Å². The summed E-state index contributed by atoms with van der Waals surface area (Å²) in [4.78, 5) is 80.1. The predicted octanol–water partition coefficient (Wildman–Crippen LogP) is 0.624. The number of ether oxygens (including phenoxy) is 7. The molecule has 0 amide bonds. The second-order valence-electron chi connectivity index (χ2n) is 17.1. The minimum atomic E-state index is -2.15. The van der Waals surface area contributed by atoms with Crippen molar-refractivity contribution in [1.82, 2.24) is 0 Å². The van der Waals surface area contributed by atoms with Gasteiger partial charge in [-0.2, -0.15) is 0 Å². The number of epoxide rings is 2. The Balaban J connectivity index is 1.42. The Kier molecular flexibility index (Phi) is 7.05. The van der Waals surface area contributed by atoms with Crippen LogP contribution in [-0.2, 0) is 61.9 Å². The maximum atomic E-state index is 14.6. The van der Waals surface area contributed by atoms with E-state index < -0.39 is 154 Å². The SMILES string of the molecule is CC(=O)O[C@@H]1C2C3C([C@H](OC(C)=O)[C@H](OC(C)=O)[C@]2(C)C2C1[C@]1(C)[C@@]4(OC(=O)[C@@]1(C)O)O[C@H]4[C@H]2C)[C@]1(C)C(C[C@@H]2O[C@@H]2[C@@H]1OC(C)=O)C(=O)[C@@H]3O. The lowest BCUT2D eigenvalue weighted by Gasteiger charge is -2.65. The van der Waals surface area contributed by atoms with Gasteiger partial charge >= 0.3 is 29.8 Å². The number of rotatable bonds is 4. The summed E-state index contributed by atoms with van der Waals surface area (Å²) in [5, 5.41) is 24.4. The standard InChI is InChI=1S/C36H46O15/c1-11-19-22(34(8)35(9,44)31(43)51-36(34)28(11)50-36)26(45-12(2)37)20-18-21(27(46-13(3)38)30(33(19,20)7)48-15(5)40)32(6)16(23(41)24(18)42)10-17-25(49-17)29(32)47-14(4)39/h11,16-22,24-30,42,44H,10H2,1-9H3/t11-,16?,17-,18?,19?,20?,21?,22?,24+,25-,26+,27-,28-,29-,30-,32-,33+,34-,35+,36+/m0/s1. The molecule has 15 heteroatoms. The minimum Gasteiger partial charge on any atom is -0.462 e. The van der Waals surface area contributed by atoms with Gasteiger partial charge in [0.1, 0.15) is 42.7 Å². The quantitative estimate of drug-likeness (QED) is 0.232. The monoisotopic (exact) mass is 718 g/mol. The van der Waals surface area contributed by atoms with Crippen LogP contribution >= 0.6 is 0 Å². The molecule has 0 bridgehead atoms. The van der Waals surface area contributed by atoms with Crippen LogP contribution in [0.2, 0.25) is 0 Å². The molecule has 3 saturated heterocycles. The summed E-state index contributed by atoms with van der Waals surface area (Å²) in [7, 11) is 0. The van der Waals surface area contributed by atoms with Crippen molar-refractivity contribution in [3.63, 3.8) is 0 Å². The van der Waals surface area contributed by atoms with Crippen molar-refractivity contribution in [2.24, 2.45) is 57.7 Å². The third-order valence-corrected chi connectivity index (χ3v) is 15.0. The number of aliphatic hydroxyl groups excluding tert-OH is 1. The number of aliphatic hydroxyl groups is 2. The molecular formula is C36H46O15. The fourth-order valence-corrected chi connectivity index (χ4v) is 13.2. The van der Waals surface area contributed by atoms with E-state index in [4.69, 9.17) is 33.2 Å². The van der Waals surface area contributed by atoms with E-state index in [0.29, 0.717) is 0 Å². The Bertz CT molecular complexity index is 1660. The Morgan fingerprint density at radius 2 is 1.31 bits per heavy atom. The van der Waals surface area contributed by atoms with Crippen LogP contribution in [0.15, 0.2) is 0 Å². The first-order valence-corrected chi connectivity index (χ1v) is 17.8. The van der Waals surface area contributed by atoms with Gasteiger partial charge in [-0.15, -0.1) is 0 Å². The van der Waals surface area contributed by atoms with Gasteiger partial charge in [0.25, 0.3) is 0 Å². The maximum Gasteiger partial charge on any atom is 0.341 e. The van der Waals surface area contributed by atoms with Crippen LogP contribution < -0.4 is 0 Å². The number of fused-ring (bicyclic) bond motifs is 9. The van der Waals surface area contributed by atoms with Gasteiger partial charge in [0.2, 0.25) is 5.79 Å². The van der Waals surface area contributed by atoms with E-state index in [2.05, 4.69) is 0 Å². The zero-order chi connectivity index (χ0) is 37.3. The lowest BCUT2D eigenvalue weighted by molar-refractivity contribution is -0.273. The van der Waals surface area contributed by atoms with Crippen molar-refractivity contribution in [2.45, 2.75) is 129 Å². The highest BCUT2D eigenvalue weighted by molar-refractivity contribution is 5.88. The Labute approximate surface area is 294 Å². The predicted molar refractivity (Wildman–Crippen MR) is 165 cm³/mol. The van der Waals surface area contributed by atoms with E-state index >= 15 is 0 Å². The summed E-state index contributed by atoms with van der Waals surface area (Å²) in [6, 6.07) is 0. The average molecular weight is 719 g/mol. The van der Waals surface area contributed by atoms with Gasteiger partial charge in [-0.3, -0.25) is 24.0 Å². The van der Waals surface area contributed by atoms with Crippen molar-refractivity contribution in [2.75, 3.05) is 0 Å². The molecular weight excluding hydrogens is 672 g/mol. The van der Waals surface area contributed by atoms with Gasteiger partial charge in [-0.05, 0) is 32.1 Å². The summed E-state index contributed by atoms with van der Waals surface area (Å²) >= 11 is 0. The highest BCUT2D eigenvalue weighted by atomic mass is 16.8. The molecule has 8 rings (SSSR count). The third kappa shape index (κ3) is 3.93. The number of Topliss-reactive ketones (excluding diaryl/α,β-unsaturated/α-hetero) is 1. The molecule has 8 fully saturated rings. The molecule has 3 heterocycles. The third-order valence-electron chi connectivity index (χ3n) is 15.0. The fourth-order valence-electron chi connectivity index (χ4n) is 13.2. The van der Waals surface area contributed by atoms with Crippen molar-refractivity contribution in [3.8, 4) is 0 Å². The highest BCUT2D eigenvalue weighted by Crippen LogP contribution is 2.81. The van der Waals surface area contributed by atoms with Gasteiger partial charge in [-0.25, -0.2) is 4.79 Å². The zero-order valence-electron chi connectivity index (χ0n) is 30.1. The van der Waals surface area contributed by atoms with Gasteiger partial charge in [0.05, 0.1) is 11.5 Å². The molecule has 1 spiro atoms. The van der Waals surface area contributed by atoms with Crippen LogP contribution in [0.5, 0.6) is 0 Å². The number of ketones is 1. The number of carbonyl (C=O) groups is 6. The molecule has 0 aromatic rings. The van der Waals surface area contributed by atoms with Gasteiger partial charge in [0, 0.05) is 68.1 Å². The Hall–Kier alpha value is -3.14. The van der Waals surface area contributed by atoms with Gasteiger partial charge in [0.15, 0.2) is 11.4 Å². The van der Waals surface area contributed by atoms with E-state index in [1.807, 2.05) is 6.92 Å². The molecule has 5 saturated carbocycles. The summed E-state index contributed by atoms with van der Waals surface area (Å²) < 4.78 is 42.7. The Morgan fingerprint density at radius 1 is 0.765 bits per heavy atom. The van der Waals surface area contributed by atoms with Crippen LogP contribution in [0.4, 0.5) is 0 Å². The van der Waals surface area contributed by atoms with Gasteiger partial charge in [-0.1, -0.05) is 20.8 Å². The lowest BCUT2D eigenvalue weighted by atomic mass is 9.41. The molecule has 5 aliphatic carbocycles. The second kappa shape index (κ2) is 10.3. The summed E-state index contributed by atoms with van der Waals surface area (Å²) in [5.74, 6) is -11.9. The zero-order valence-corrected chi connectivity index (χ0v) is 30.1. The van der Waals surface area contributed by atoms with E-state index in [9.17, 15) is 39.0 Å². The van der Waals surface area contributed by atoms with Gasteiger partial charge < -0.3 is 43.4 Å². The average Bonchev–Trinajstić information content (AvgIpc) is 3.92. The maximum absolute atomic E-state index is 14.6. The normalized spacial score (nSPS) is 56.6. The molecule has 2 N–H and O–H groups in total. The fraction of sp³-hybridized carbons (Fsp3) is 0.833. The first kappa shape index (κ1) is 34.9. The molecule has 3 aliphatic heterocycles. The molecule has 20 atom stereocenters.